The Morgan fingerprint density at radius 1 is 1.24 bits per heavy atom. The summed E-state index contributed by atoms with van der Waals surface area (Å²) in [6, 6.07) is 12.9. The zero-order valence-electron chi connectivity index (χ0n) is 10.5. The molecule has 1 aromatic carbocycles. The van der Waals surface area contributed by atoms with Crippen LogP contribution >= 0.6 is 0 Å². The van der Waals surface area contributed by atoms with E-state index in [4.69, 9.17) is 5.26 Å². The van der Waals surface area contributed by atoms with Gasteiger partial charge in [-0.15, -0.1) is 0 Å². The van der Waals surface area contributed by atoms with Crippen LogP contribution in [-0.4, -0.2) is 4.57 Å². The highest BCUT2D eigenvalue weighted by atomic mass is 14.9. The van der Waals surface area contributed by atoms with Gasteiger partial charge in [0.05, 0.1) is 11.5 Å². The molecule has 0 radical (unpaired) electrons. The van der Waals surface area contributed by atoms with Crippen molar-refractivity contribution in [3.8, 4) is 6.07 Å². The molecule has 2 rings (SSSR count). The van der Waals surface area contributed by atoms with Crippen molar-refractivity contribution in [3.63, 3.8) is 0 Å². The van der Waals surface area contributed by atoms with E-state index in [2.05, 4.69) is 47.2 Å². The minimum Gasteiger partial charge on any atom is -0.347 e. The van der Waals surface area contributed by atoms with Crippen molar-refractivity contribution >= 4 is 10.9 Å². The van der Waals surface area contributed by atoms with Gasteiger partial charge in [0.1, 0.15) is 0 Å². The summed E-state index contributed by atoms with van der Waals surface area (Å²) in [4.78, 5) is 0. The summed E-state index contributed by atoms with van der Waals surface area (Å²) in [6.45, 7) is 4.99. The van der Waals surface area contributed by atoms with Gasteiger partial charge in [-0.25, -0.2) is 0 Å². The quantitative estimate of drug-likeness (QED) is 0.775. The van der Waals surface area contributed by atoms with Gasteiger partial charge in [0, 0.05) is 18.3 Å². The van der Waals surface area contributed by atoms with Crippen LogP contribution in [0.15, 0.2) is 36.5 Å². The zero-order valence-corrected chi connectivity index (χ0v) is 10.5. The lowest BCUT2D eigenvalue weighted by Crippen LogP contribution is -2.09. The van der Waals surface area contributed by atoms with Gasteiger partial charge in [-0.3, -0.25) is 0 Å². The highest BCUT2D eigenvalue weighted by Crippen LogP contribution is 2.22. The topological polar surface area (TPSA) is 28.7 Å². The van der Waals surface area contributed by atoms with E-state index >= 15 is 0 Å². The minimum atomic E-state index is -0.205. The smallest absolute Gasteiger partial charge is 0.0683 e. The van der Waals surface area contributed by atoms with Crippen molar-refractivity contribution in [2.75, 3.05) is 0 Å². The van der Waals surface area contributed by atoms with E-state index in [1.54, 1.807) is 0 Å². The predicted octanol–water partition coefficient (Wildman–Crippen LogP) is 3.97. The summed E-state index contributed by atoms with van der Waals surface area (Å²) >= 11 is 0. The molecule has 17 heavy (non-hydrogen) atoms. The summed E-state index contributed by atoms with van der Waals surface area (Å²) in [5, 5.41) is 10.3. The molecule has 0 saturated heterocycles. The Bertz CT molecular complexity index is 543. The SMILES string of the molecule is CC(C)(C#N)CCCn1ccc2ccccc21. The highest BCUT2D eigenvalue weighted by Gasteiger charge is 2.15. The first kappa shape index (κ1) is 11.7. The number of aromatic nitrogens is 1. The molecule has 0 aliphatic carbocycles. The normalized spacial score (nSPS) is 11.6. The van der Waals surface area contributed by atoms with E-state index < -0.39 is 0 Å². The van der Waals surface area contributed by atoms with E-state index in [1.807, 2.05) is 13.8 Å². The third-order valence-electron chi connectivity index (χ3n) is 3.18. The van der Waals surface area contributed by atoms with Gasteiger partial charge < -0.3 is 4.57 Å². The van der Waals surface area contributed by atoms with E-state index in [9.17, 15) is 0 Å². The van der Waals surface area contributed by atoms with Gasteiger partial charge in [-0.05, 0) is 44.2 Å². The molecule has 1 aromatic heterocycles. The summed E-state index contributed by atoms with van der Waals surface area (Å²) < 4.78 is 2.27. The highest BCUT2D eigenvalue weighted by molar-refractivity contribution is 5.79. The molecule has 0 N–H and O–H groups in total. The fraction of sp³-hybridized carbons (Fsp3) is 0.400. The van der Waals surface area contributed by atoms with Crippen LogP contribution in [0.25, 0.3) is 10.9 Å². The lowest BCUT2D eigenvalue weighted by molar-refractivity contribution is 0.418. The van der Waals surface area contributed by atoms with Crippen LogP contribution in [-0.2, 0) is 6.54 Å². The van der Waals surface area contributed by atoms with Gasteiger partial charge in [0.15, 0.2) is 0 Å². The van der Waals surface area contributed by atoms with Crippen molar-refractivity contribution in [1.29, 1.82) is 5.26 Å². The van der Waals surface area contributed by atoms with Crippen molar-refractivity contribution in [2.24, 2.45) is 5.41 Å². The monoisotopic (exact) mass is 226 g/mol. The first-order valence-electron chi connectivity index (χ1n) is 6.07. The number of nitriles is 1. The van der Waals surface area contributed by atoms with Crippen LogP contribution in [0.1, 0.15) is 26.7 Å². The van der Waals surface area contributed by atoms with Crippen molar-refractivity contribution in [3.05, 3.63) is 36.5 Å². The summed E-state index contributed by atoms with van der Waals surface area (Å²) in [7, 11) is 0. The zero-order chi connectivity index (χ0) is 12.3. The fourth-order valence-corrected chi connectivity index (χ4v) is 2.08. The Morgan fingerprint density at radius 3 is 2.76 bits per heavy atom. The molecule has 0 fully saturated rings. The summed E-state index contributed by atoms with van der Waals surface area (Å²) in [5.74, 6) is 0. The molecule has 2 nitrogen and oxygen atoms in total. The third kappa shape index (κ3) is 2.68. The second-order valence-corrected chi connectivity index (χ2v) is 5.17. The van der Waals surface area contributed by atoms with Gasteiger partial charge >= 0.3 is 0 Å². The molecule has 2 aromatic rings. The summed E-state index contributed by atoms with van der Waals surface area (Å²) in [5.41, 5.74) is 1.07. The number of fused-ring (bicyclic) bond motifs is 1. The first-order chi connectivity index (χ1) is 8.12. The van der Waals surface area contributed by atoms with Crippen LogP contribution < -0.4 is 0 Å². The number of nitrogens with zero attached hydrogens (tertiary/aromatic N) is 2. The number of hydrogen-bond acceptors (Lipinski definition) is 1. The standard InChI is InChI=1S/C15H18N2/c1-15(2,12-16)9-5-10-17-11-8-13-6-3-4-7-14(13)17/h3-4,6-8,11H,5,9-10H2,1-2H3. The second kappa shape index (κ2) is 4.63. The first-order valence-corrected chi connectivity index (χ1v) is 6.07. The molecule has 0 amide bonds. The molecule has 0 atom stereocenters. The Hall–Kier alpha value is -1.75. The number of benzene rings is 1. The third-order valence-corrected chi connectivity index (χ3v) is 3.18. The Labute approximate surface area is 102 Å². The number of para-hydroxylation sites is 1. The summed E-state index contributed by atoms with van der Waals surface area (Å²) in [6.07, 6.45) is 4.11. The molecule has 0 unspecified atom stereocenters. The maximum absolute atomic E-state index is 8.97. The van der Waals surface area contributed by atoms with Crippen LogP contribution in [0, 0.1) is 16.7 Å². The van der Waals surface area contributed by atoms with Crippen molar-refractivity contribution in [1.82, 2.24) is 4.57 Å². The minimum absolute atomic E-state index is 0.205. The second-order valence-electron chi connectivity index (χ2n) is 5.17. The number of hydrogen-bond donors (Lipinski definition) is 0. The van der Waals surface area contributed by atoms with E-state index in [1.165, 1.54) is 10.9 Å². The van der Waals surface area contributed by atoms with E-state index in [-0.39, 0.29) is 5.41 Å². The average molecular weight is 226 g/mol. The van der Waals surface area contributed by atoms with Gasteiger partial charge in [0.2, 0.25) is 0 Å². The average Bonchev–Trinajstić information content (AvgIpc) is 2.73. The van der Waals surface area contributed by atoms with Gasteiger partial charge in [0.25, 0.3) is 0 Å². The maximum Gasteiger partial charge on any atom is 0.0683 e. The molecule has 0 aliphatic rings. The largest absolute Gasteiger partial charge is 0.347 e. The van der Waals surface area contributed by atoms with Gasteiger partial charge in [-0.1, -0.05) is 18.2 Å². The lowest BCUT2D eigenvalue weighted by Gasteiger charge is -2.15. The molecular formula is C15H18N2. The van der Waals surface area contributed by atoms with Crippen LogP contribution in [0.5, 0.6) is 0 Å². The Morgan fingerprint density at radius 2 is 2.00 bits per heavy atom. The Balaban J connectivity index is 2.03. The molecule has 0 bridgehead atoms. The molecule has 1 heterocycles. The Kier molecular flexibility index (Phi) is 3.19. The molecule has 88 valence electrons. The molecule has 0 spiro atoms. The van der Waals surface area contributed by atoms with Crippen molar-refractivity contribution < 1.29 is 0 Å². The maximum atomic E-state index is 8.97. The van der Waals surface area contributed by atoms with E-state index in [0.29, 0.717) is 0 Å². The number of rotatable bonds is 4. The van der Waals surface area contributed by atoms with E-state index in [0.717, 1.165) is 19.4 Å². The number of aryl methyl sites for hydroxylation is 1. The molecular weight excluding hydrogens is 208 g/mol. The fourth-order valence-electron chi connectivity index (χ4n) is 2.08. The molecule has 0 saturated carbocycles. The predicted molar refractivity (Wildman–Crippen MR) is 70.6 cm³/mol. The van der Waals surface area contributed by atoms with Crippen molar-refractivity contribution in [2.45, 2.75) is 33.2 Å². The van der Waals surface area contributed by atoms with Gasteiger partial charge in [-0.2, -0.15) is 5.26 Å². The van der Waals surface area contributed by atoms with Crippen LogP contribution in [0.4, 0.5) is 0 Å². The molecule has 2 heteroatoms. The van der Waals surface area contributed by atoms with Crippen LogP contribution in [0.2, 0.25) is 0 Å². The molecule has 0 aliphatic heterocycles. The van der Waals surface area contributed by atoms with Crippen LogP contribution in [0.3, 0.4) is 0 Å². The lowest BCUT2D eigenvalue weighted by atomic mass is 9.90.